The van der Waals surface area contributed by atoms with Gasteiger partial charge >= 0.3 is 0 Å². The van der Waals surface area contributed by atoms with Crippen LogP contribution in [0.5, 0.6) is 5.75 Å². The van der Waals surface area contributed by atoms with E-state index in [0.29, 0.717) is 23.7 Å². The Bertz CT molecular complexity index is 906. The summed E-state index contributed by atoms with van der Waals surface area (Å²) in [4.78, 5) is 35.9. The van der Waals surface area contributed by atoms with Gasteiger partial charge in [0.2, 0.25) is 0 Å². The number of aromatic nitrogens is 2. The monoisotopic (exact) mass is 356 g/mol. The number of rotatable bonds is 5. The first-order valence-corrected chi connectivity index (χ1v) is 8.49. The fourth-order valence-corrected chi connectivity index (χ4v) is 2.52. The van der Waals surface area contributed by atoms with Crippen molar-refractivity contribution < 1.29 is 14.3 Å². The van der Waals surface area contributed by atoms with Gasteiger partial charge in [-0.05, 0) is 37.6 Å². The molecule has 2 N–H and O–H groups in total. The molecule has 1 aliphatic rings. The Morgan fingerprint density at radius 3 is 2.88 bits per heavy atom. The standard InChI is InChI=1S/C18H20N4O4/c1-3-4-9-22-16(23)8-6-13(21-22)18(25)19-12-5-7-15-14(10-12)20-17(24)11(2)26-15/h5-8,10-11H,3-4,9H2,1-2H3,(H,19,25)(H,20,24)/t11-/m0/s1. The van der Waals surface area contributed by atoms with Crippen molar-refractivity contribution in [3.63, 3.8) is 0 Å². The maximum absolute atomic E-state index is 12.4. The molecule has 8 heteroatoms. The van der Waals surface area contributed by atoms with Gasteiger partial charge in [0.15, 0.2) is 6.10 Å². The molecular formula is C18H20N4O4. The zero-order valence-corrected chi connectivity index (χ0v) is 14.6. The Morgan fingerprint density at radius 1 is 1.31 bits per heavy atom. The molecule has 0 unspecified atom stereocenters. The topological polar surface area (TPSA) is 102 Å². The van der Waals surface area contributed by atoms with E-state index in [9.17, 15) is 14.4 Å². The largest absolute Gasteiger partial charge is 0.479 e. The van der Waals surface area contributed by atoms with E-state index in [1.807, 2.05) is 6.92 Å². The molecule has 8 nitrogen and oxygen atoms in total. The minimum absolute atomic E-state index is 0.146. The second-order valence-electron chi connectivity index (χ2n) is 6.05. The molecule has 1 aliphatic heterocycles. The first-order chi connectivity index (χ1) is 12.5. The predicted molar refractivity (Wildman–Crippen MR) is 96.5 cm³/mol. The molecule has 26 heavy (non-hydrogen) atoms. The molecule has 0 bridgehead atoms. The van der Waals surface area contributed by atoms with Gasteiger partial charge in [0.1, 0.15) is 11.4 Å². The zero-order valence-electron chi connectivity index (χ0n) is 14.6. The lowest BCUT2D eigenvalue weighted by atomic mass is 10.2. The van der Waals surface area contributed by atoms with E-state index in [4.69, 9.17) is 4.74 Å². The van der Waals surface area contributed by atoms with Crippen LogP contribution < -0.4 is 20.9 Å². The van der Waals surface area contributed by atoms with Crippen molar-refractivity contribution in [2.75, 3.05) is 10.6 Å². The molecule has 0 fully saturated rings. The fraction of sp³-hybridized carbons (Fsp3) is 0.333. The van der Waals surface area contributed by atoms with Gasteiger partial charge in [-0.25, -0.2) is 4.68 Å². The van der Waals surface area contributed by atoms with Crippen LogP contribution >= 0.6 is 0 Å². The average molecular weight is 356 g/mol. The quantitative estimate of drug-likeness (QED) is 0.853. The van der Waals surface area contributed by atoms with Gasteiger partial charge in [0, 0.05) is 18.3 Å². The van der Waals surface area contributed by atoms with E-state index >= 15 is 0 Å². The van der Waals surface area contributed by atoms with Crippen LogP contribution in [-0.4, -0.2) is 27.7 Å². The number of anilines is 2. The summed E-state index contributed by atoms with van der Waals surface area (Å²) in [5, 5.41) is 9.55. The highest BCUT2D eigenvalue weighted by Crippen LogP contribution is 2.32. The van der Waals surface area contributed by atoms with Gasteiger partial charge in [-0.1, -0.05) is 13.3 Å². The second-order valence-corrected chi connectivity index (χ2v) is 6.05. The van der Waals surface area contributed by atoms with Crippen LogP contribution in [0, 0.1) is 0 Å². The molecule has 0 radical (unpaired) electrons. The van der Waals surface area contributed by atoms with Gasteiger partial charge in [-0.2, -0.15) is 5.10 Å². The number of amides is 2. The van der Waals surface area contributed by atoms with E-state index < -0.39 is 12.0 Å². The van der Waals surface area contributed by atoms with E-state index in [-0.39, 0.29) is 17.2 Å². The summed E-state index contributed by atoms with van der Waals surface area (Å²) in [5.41, 5.74) is 0.886. The summed E-state index contributed by atoms with van der Waals surface area (Å²) >= 11 is 0. The number of aryl methyl sites for hydroxylation is 1. The van der Waals surface area contributed by atoms with Crippen molar-refractivity contribution in [1.29, 1.82) is 0 Å². The highest BCUT2D eigenvalue weighted by molar-refractivity contribution is 6.04. The molecule has 0 aliphatic carbocycles. The number of fused-ring (bicyclic) bond motifs is 1. The summed E-state index contributed by atoms with van der Waals surface area (Å²) in [7, 11) is 0. The minimum Gasteiger partial charge on any atom is -0.479 e. The zero-order chi connectivity index (χ0) is 18.7. The van der Waals surface area contributed by atoms with Gasteiger partial charge in [0.05, 0.1) is 5.69 Å². The van der Waals surface area contributed by atoms with Crippen LogP contribution in [0.25, 0.3) is 0 Å². The second kappa shape index (κ2) is 7.38. The summed E-state index contributed by atoms with van der Waals surface area (Å²) in [6.07, 6.45) is 1.17. The van der Waals surface area contributed by atoms with Crippen LogP contribution in [0.3, 0.4) is 0 Å². The Kier molecular flexibility index (Phi) is 5.01. The van der Waals surface area contributed by atoms with Crippen molar-refractivity contribution in [3.8, 4) is 5.75 Å². The summed E-state index contributed by atoms with van der Waals surface area (Å²) < 4.78 is 6.77. The van der Waals surface area contributed by atoms with Crippen molar-refractivity contribution >= 4 is 23.2 Å². The number of unbranched alkanes of at least 4 members (excludes halogenated alkanes) is 1. The third-order valence-electron chi connectivity index (χ3n) is 3.99. The molecule has 136 valence electrons. The number of nitrogens with one attached hydrogen (secondary N) is 2. The Labute approximate surface area is 150 Å². The summed E-state index contributed by atoms with van der Waals surface area (Å²) in [5.74, 6) is -0.140. The Morgan fingerprint density at radius 2 is 2.12 bits per heavy atom. The normalized spacial score (nSPS) is 15.6. The van der Waals surface area contributed by atoms with Crippen LogP contribution in [0.4, 0.5) is 11.4 Å². The van der Waals surface area contributed by atoms with Gasteiger partial charge < -0.3 is 15.4 Å². The number of ether oxygens (including phenoxy) is 1. The van der Waals surface area contributed by atoms with Crippen molar-refractivity contribution in [3.05, 3.63) is 46.4 Å². The van der Waals surface area contributed by atoms with Crippen molar-refractivity contribution in [1.82, 2.24) is 9.78 Å². The van der Waals surface area contributed by atoms with Gasteiger partial charge in [-0.15, -0.1) is 0 Å². The highest BCUT2D eigenvalue weighted by Gasteiger charge is 2.23. The molecule has 0 saturated carbocycles. The molecule has 1 atom stereocenters. The van der Waals surface area contributed by atoms with E-state index in [1.165, 1.54) is 16.8 Å². The molecule has 1 aromatic heterocycles. The van der Waals surface area contributed by atoms with Crippen LogP contribution in [0.2, 0.25) is 0 Å². The van der Waals surface area contributed by atoms with E-state index in [0.717, 1.165) is 12.8 Å². The lowest BCUT2D eigenvalue weighted by Crippen LogP contribution is -2.34. The Balaban J connectivity index is 1.77. The highest BCUT2D eigenvalue weighted by atomic mass is 16.5. The molecule has 0 saturated heterocycles. The van der Waals surface area contributed by atoms with Gasteiger partial charge in [-0.3, -0.25) is 14.4 Å². The number of benzene rings is 1. The van der Waals surface area contributed by atoms with E-state index in [2.05, 4.69) is 15.7 Å². The fourth-order valence-electron chi connectivity index (χ4n) is 2.52. The van der Waals surface area contributed by atoms with Crippen molar-refractivity contribution in [2.24, 2.45) is 0 Å². The first kappa shape index (κ1) is 17.7. The summed E-state index contributed by atoms with van der Waals surface area (Å²) in [6.45, 7) is 4.14. The molecule has 3 rings (SSSR count). The van der Waals surface area contributed by atoms with E-state index in [1.54, 1.807) is 25.1 Å². The molecule has 2 amide bonds. The van der Waals surface area contributed by atoms with Crippen molar-refractivity contribution in [2.45, 2.75) is 39.3 Å². The smallest absolute Gasteiger partial charge is 0.276 e. The number of hydrogen-bond donors (Lipinski definition) is 2. The lowest BCUT2D eigenvalue weighted by molar-refractivity contribution is -0.122. The number of carbonyl (C=O) groups is 2. The molecule has 1 aromatic carbocycles. The third kappa shape index (κ3) is 3.74. The SMILES string of the molecule is CCCCn1nc(C(=O)Nc2ccc3c(c2)NC(=O)[C@H](C)O3)ccc1=O. The number of hydrogen-bond acceptors (Lipinski definition) is 5. The predicted octanol–water partition coefficient (Wildman–Crippen LogP) is 2.02. The van der Waals surface area contributed by atoms with Crippen LogP contribution in [0.15, 0.2) is 35.1 Å². The lowest BCUT2D eigenvalue weighted by Gasteiger charge is -2.23. The van der Waals surface area contributed by atoms with Crippen LogP contribution in [-0.2, 0) is 11.3 Å². The summed E-state index contributed by atoms with van der Waals surface area (Å²) in [6, 6.07) is 7.69. The molecule has 2 heterocycles. The Hall–Kier alpha value is -3.16. The maximum Gasteiger partial charge on any atom is 0.276 e. The average Bonchev–Trinajstić information content (AvgIpc) is 2.62. The molecular weight excluding hydrogens is 336 g/mol. The van der Waals surface area contributed by atoms with Gasteiger partial charge in [0.25, 0.3) is 17.4 Å². The molecule has 0 spiro atoms. The molecule has 2 aromatic rings. The third-order valence-corrected chi connectivity index (χ3v) is 3.99. The minimum atomic E-state index is -0.559. The van der Waals surface area contributed by atoms with Crippen LogP contribution in [0.1, 0.15) is 37.2 Å². The maximum atomic E-state index is 12.4. The first-order valence-electron chi connectivity index (χ1n) is 8.49. The number of carbonyl (C=O) groups excluding carboxylic acids is 2. The number of nitrogens with zero attached hydrogens (tertiary/aromatic N) is 2.